The van der Waals surface area contributed by atoms with Gasteiger partial charge in [-0.25, -0.2) is 0 Å². The Labute approximate surface area is 132 Å². The van der Waals surface area contributed by atoms with Crippen LogP contribution in [0, 0.1) is 0 Å². The Bertz CT molecular complexity index is 783. The van der Waals surface area contributed by atoms with Crippen molar-refractivity contribution in [1.82, 2.24) is 0 Å². The second-order valence-electron chi connectivity index (χ2n) is 4.77. The van der Waals surface area contributed by atoms with Crippen molar-refractivity contribution in [1.29, 1.82) is 0 Å². The minimum Gasteiger partial charge on any atom is -0.482 e. The number of fused-ring (bicyclic) bond motifs is 1. The monoisotopic (exact) mass is 313 g/mol. The van der Waals surface area contributed by atoms with Crippen molar-refractivity contribution in [3.05, 3.63) is 64.7 Å². The van der Waals surface area contributed by atoms with Gasteiger partial charge in [-0.2, -0.15) is 0 Å². The van der Waals surface area contributed by atoms with Crippen LogP contribution in [0.15, 0.2) is 48.5 Å². The lowest BCUT2D eigenvalue weighted by molar-refractivity contribution is -0.118. The summed E-state index contributed by atoms with van der Waals surface area (Å²) in [6.45, 7) is -0.00724. The lowest BCUT2D eigenvalue weighted by atomic mass is 10.1. The minimum absolute atomic E-state index is 0.00724. The summed E-state index contributed by atoms with van der Waals surface area (Å²) in [5.41, 5.74) is 1.74. The molecule has 1 aliphatic rings. The van der Waals surface area contributed by atoms with Crippen molar-refractivity contribution in [3.63, 3.8) is 0 Å². The van der Waals surface area contributed by atoms with Crippen LogP contribution >= 0.6 is 11.6 Å². The highest BCUT2D eigenvalue weighted by molar-refractivity contribution is 6.32. The number of carbonyl (C=O) groups is 2. The van der Waals surface area contributed by atoms with Gasteiger partial charge in [0.2, 0.25) is 0 Å². The van der Waals surface area contributed by atoms with Crippen LogP contribution in [-0.2, 0) is 4.79 Å². The summed E-state index contributed by atoms with van der Waals surface area (Å²) in [7, 11) is 0. The molecular weight excluding hydrogens is 302 g/mol. The second kappa shape index (κ2) is 6.03. The minimum atomic E-state index is -0.233. The molecule has 0 atom stereocenters. The van der Waals surface area contributed by atoms with Crippen molar-refractivity contribution in [2.45, 2.75) is 0 Å². The van der Waals surface area contributed by atoms with Gasteiger partial charge >= 0.3 is 0 Å². The average molecular weight is 314 g/mol. The third-order valence-corrected chi connectivity index (χ3v) is 3.56. The molecular formula is C17H12ClNO3. The fourth-order valence-corrected chi connectivity index (χ4v) is 2.31. The van der Waals surface area contributed by atoms with E-state index in [-0.39, 0.29) is 18.3 Å². The van der Waals surface area contributed by atoms with Crippen LogP contribution in [0.5, 0.6) is 5.75 Å². The zero-order valence-corrected chi connectivity index (χ0v) is 12.3. The molecule has 0 bridgehead atoms. The molecule has 1 heterocycles. The van der Waals surface area contributed by atoms with E-state index < -0.39 is 0 Å². The fourth-order valence-electron chi connectivity index (χ4n) is 2.11. The van der Waals surface area contributed by atoms with E-state index in [9.17, 15) is 9.59 Å². The molecule has 22 heavy (non-hydrogen) atoms. The van der Waals surface area contributed by atoms with E-state index >= 15 is 0 Å². The van der Waals surface area contributed by atoms with Gasteiger partial charge in [0.15, 0.2) is 12.4 Å². The summed E-state index contributed by atoms with van der Waals surface area (Å²) in [6, 6.07) is 12.2. The Morgan fingerprint density at radius 2 is 2.05 bits per heavy atom. The van der Waals surface area contributed by atoms with E-state index in [2.05, 4.69) is 5.32 Å². The first kappa shape index (κ1) is 14.4. The molecule has 0 unspecified atom stereocenters. The van der Waals surface area contributed by atoms with Crippen molar-refractivity contribution >= 4 is 35.1 Å². The third kappa shape index (κ3) is 3.02. The van der Waals surface area contributed by atoms with Gasteiger partial charge in [0, 0.05) is 10.6 Å². The van der Waals surface area contributed by atoms with Gasteiger partial charge in [-0.3, -0.25) is 9.59 Å². The van der Waals surface area contributed by atoms with Crippen LogP contribution in [0.25, 0.3) is 6.08 Å². The van der Waals surface area contributed by atoms with Crippen molar-refractivity contribution in [2.75, 3.05) is 11.9 Å². The van der Waals surface area contributed by atoms with Crippen molar-refractivity contribution in [2.24, 2.45) is 0 Å². The van der Waals surface area contributed by atoms with Crippen LogP contribution in [0.2, 0.25) is 5.02 Å². The first-order chi connectivity index (χ1) is 10.6. The zero-order chi connectivity index (χ0) is 15.5. The van der Waals surface area contributed by atoms with E-state index in [0.717, 1.165) is 5.56 Å². The van der Waals surface area contributed by atoms with Crippen LogP contribution < -0.4 is 10.1 Å². The molecule has 5 heteroatoms. The van der Waals surface area contributed by atoms with Gasteiger partial charge in [-0.15, -0.1) is 0 Å². The van der Waals surface area contributed by atoms with Crippen LogP contribution in [-0.4, -0.2) is 18.3 Å². The molecule has 3 rings (SSSR count). The number of ketones is 1. The number of benzene rings is 2. The molecule has 1 amide bonds. The third-order valence-electron chi connectivity index (χ3n) is 3.22. The number of carbonyl (C=O) groups excluding carboxylic acids is 2. The number of nitrogens with one attached hydrogen (secondary N) is 1. The molecule has 2 aromatic rings. The maximum absolute atomic E-state index is 12.2. The van der Waals surface area contributed by atoms with Gasteiger partial charge in [0.1, 0.15) is 5.75 Å². The Balaban J connectivity index is 1.82. The molecule has 1 N–H and O–H groups in total. The summed E-state index contributed by atoms with van der Waals surface area (Å²) < 4.78 is 5.26. The topological polar surface area (TPSA) is 55.4 Å². The molecule has 0 aromatic heterocycles. The van der Waals surface area contributed by atoms with Gasteiger partial charge in [0.25, 0.3) is 5.91 Å². The predicted molar refractivity (Wildman–Crippen MR) is 85.4 cm³/mol. The SMILES string of the molecule is O=C1COc2ccc(C(=O)C=Cc3ccccc3Cl)cc2N1. The number of allylic oxidation sites excluding steroid dienone is 1. The predicted octanol–water partition coefficient (Wildman–Crippen LogP) is 3.57. The van der Waals surface area contributed by atoms with Gasteiger partial charge in [-0.05, 0) is 42.0 Å². The number of rotatable bonds is 3. The highest BCUT2D eigenvalue weighted by Gasteiger charge is 2.17. The summed E-state index contributed by atoms with van der Waals surface area (Å²) >= 11 is 6.04. The van der Waals surface area contributed by atoms with E-state index in [1.165, 1.54) is 6.08 Å². The second-order valence-corrected chi connectivity index (χ2v) is 5.17. The molecule has 0 saturated carbocycles. The molecule has 0 radical (unpaired) electrons. The van der Waals surface area contributed by atoms with Gasteiger partial charge < -0.3 is 10.1 Å². The normalized spacial score (nSPS) is 13.4. The maximum atomic E-state index is 12.2. The van der Waals surface area contributed by atoms with Gasteiger partial charge in [-0.1, -0.05) is 29.8 Å². The smallest absolute Gasteiger partial charge is 0.262 e. The van der Waals surface area contributed by atoms with Crippen LogP contribution in [0.1, 0.15) is 15.9 Å². The quantitative estimate of drug-likeness (QED) is 0.696. The fraction of sp³-hybridized carbons (Fsp3) is 0.0588. The van der Waals surface area contributed by atoms with Crippen molar-refractivity contribution in [3.8, 4) is 5.75 Å². The average Bonchev–Trinajstić information content (AvgIpc) is 2.53. The summed E-state index contributed by atoms with van der Waals surface area (Å²) in [5, 5.41) is 3.26. The number of ether oxygens (including phenoxy) is 1. The van der Waals surface area contributed by atoms with E-state index in [0.29, 0.717) is 22.0 Å². The summed E-state index contributed by atoms with van der Waals surface area (Å²) in [6.07, 6.45) is 3.12. The Hall–Kier alpha value is -2.59. The summed E-state index contributed by atoms with van der Waals surface area (Å²) in [4.78, 5) is 23.5. The van der Waals surface area contributed by atoms with Gasteiger partial charge in [0.05, 0.1) is 5.69 Å². The summed E-state index contributed by atoms with van der Waals surface area (Å²) in [5.74, 6) is 0.150. The van der Waals surface area contributed by atoms with E-state index in [4.69, 9.17) is 16.3 Å². The molecule has 110 valence electrons. The number of hydrogen-bond acceptors (Lipinski definition) is 3. The Morgan fingerprint density at radius 3 is 2.86 bits per heavy atom. The van der Waals surface area contributed by atoms with E-state index in [1.807, 2.05) is 18.2 Å². The standard InChI is InChI=1S/C17H12ClNO3/c18-13-4-2-1-3-11(13)5-7-15(20)12-6-8-16-14(9-12)19-17(21)10-22-16/h1-9H,10H2,(H,19,21). The highest BCUT2D eigenvalue weighted by Crippen LogP contribution is 2.28. The Morgan fingerprint density at radius 1 is 1.23 bits per heavy atom. The highest BCUT2D eigenvalue weighted by atomic mass is 35.5. The van der Waals surface area contributed by atoms with Crippen molar-refractivity contribution < 1.29 is 14.3 Å². The number of amides is 1. The molecule has 4 nitrogen and oxygen atoms in total. The number of anilines is 1. The largest absolute Gasteiger partial charge is 0.482 e. The molecule has 0 fully saturated rings. The molecule has 0 spiro atoms. The first-order valence-electron chi connectivity index (χ1n) is 6.67. The molecule has 1 aliphatic heterocycles. The number of hydrogen-bond donors (Lipinski definition) is 1. The van der Waals surface area contributed by atoms with Crippen LogP contribution in [0.3, 0.4) is 0 Å². The number of halogens is 1. The Kier molecular flexibility index (Phi) is 3.94. The van der Waals surface area contributed by atoms with E-state index in [1.54, 1.807) is 30.3 Å². The first-order valence-corrected chi connectivity index (χ1v) is 7.05. The molecule has 2 aromatic carbocycles. The molecule has 0 saturated heterocycles. The molecule has 0 aliphatic carbocycles. The zero-order valence-electron chi connectivity index (χ0n) is 11.5. The lowest BCUT2D eigenvalue weighted by Crippen LogP contribution is -2.25. The van der Waals surface area contributed by atoms with Crippen LogP contribution in [0.4, 0.5) is 5.69 Å². The lowest BCUT2D eigenvalue weighted by Gasteiger charge is -2.17. The maximum Gasteiger partial charge on any atom is 0.262 e.